The molecule has 9 nitrogen and oxygen atoms in total. The van der Waals surface area contributed by atoms with Gasteiger partial charge in [-0.3, -0.25) is 14.4 Å². The molecule has 4 atom stereocenters. The van der Waals surface area contributed by atoms with Crippen molar-refractivity contribution < 1.29 is 19.2 Å². The maximum atomic E-state index is 12.2. The minimum Gasteiger partial charge on any atom is -0.345 e. The molecule has 0 aromatic rings. The predicted molar refractivity (Wildman–Crippen MR) is 89.8 cm³/mol. The summed E-state index contributed by atoms with van der Waals surface area (Å²) < 4.78 is 0. The number of rotatable bonds is 11. The van der Waals surface area contributed by atoms with E-state index >= 15 is 0 Å². The van der Waals surface area contributed by atoms with Crippen LogP contribution in [0.4, 0.5) is 0 Å². The van der Waals surface area contributed by atoms with Crippen molar-refractivity contribution in [2.75, 3.05) is 6.54 Å². The number of hydrogen-bond acceptors (Lipinski definition) is 6. The summed E-state index contributed by atoms with van der Waals surface area (Å²) in [7, 11) is 0. The standard InChI is InChI=1S/C15H29N5O4/c1-9(8-21)18-15(24)12(6-4-5-7-16)20-14(23)11(3)19-13(22)10(2)17/h8-12H,4-7,16-17H2,1-3H3,(H,18,24)(H,19,22)(H,20,23)/t9-,10-,11-,12-/m0/s1. The first kappa shape index (κ1) is 22.0. The molecule has 0 fully saturated rings. The van der Waals surface area contributed by atoms with E-state index in [0.29, 0.717) is 32.1 Å². The lowest BCUT2D eigenvalue weighted by Crippen LogP contribution is -2.55. The van der Waals surface area contributed by atoms with Crippen molar-refractivity contribution in [1.82, 2.24) is 16.0 Å². The Kier molecular flexibility index (Phi) is 10.6. The number of carbonyl (C=O) groups is 4. The van der Waals surface area contributed by atoms with E-state index in [1.54, 1.807) is 0 Å². The summed E-state index contributed by atoms with van der Waals surface area (Å²) >= 11 is 0. The zero-order chi connectivity index (χ0) is 18.7. The lowest BCUT2D eigenvalue weighted by atomic mass is 10.1. The molecule has 0 aromatic heterocycles. The van der Waals surface area contributed by atoms with Crippen LogP contribution in [0.1, 0.15) is 40.0 Å². The van der Waals surface area contributed by atoms with Gasteiger partial charge in [-0.1, -0.05) is 0 Å². The first-order chi connectivity index (χ1) is 11.2. The zero-order valence-electron chi connectivity index (χ0n) is 14.5. The van der Waals surface area contributed by atoms with Gasteiger partial charge in [0.2, 0.25) is 17.7 Å². The Labute approximate surface area is 142 Å². The van der Waals surface area contributed by atoms with Crippen LogP contribution in [0.25, 0.3) is 0 Å². The molecule has 24 heavy (non-hydrogen) atoms. The lowest BCUT2D eigenvalue weighted by Gasteiger charge is -2.22. The number of hydrogen-bond donors (Lipinski definition) is 5. The quantitative estimate of drug-likeness (QED) is 0.219. The zero-order valence-corrected chi connectivity index (χ0v) is 14.5. The Hall–Kier alpha value is -2.00. The SMILES string of the molecule is C[C@H](N)C(=O)N[C@@H](C)C(=O)N[C@@H](CCCCN)C(=O)N[C@@H](C)C=O. The van der Waals surface area contributed by atoms with E-state index < -0.39 is 41.9 Å². The molecule has 0 heterocycles. The Balaban J connectivity index is 4.77. The second kappa shape index (κ2) is 11.5. The molecule has 0 saturated carbocycles. The Morgan fingerprint density at radius 2 is 1.58 bits per heavy atom. The highest BCUT2D eigenvalue weighted by molar-refractivity contribution is 5.93. The van der Waals surface area contributed by atoms with Gasteiger partial charge in [0.1, 0.15) is 18.4 Å². The van der Waals surface area contributed by atoms with Gasteiger partial charge >= 0.3 is 0 Å². The molecule has 0 rings (SSSR count). The van der Waals surface area contributed by atoms with Crippen LogP contribution in [0.3, 0.4) is 0 Å². The number of unbranched alkanes of at least 4 members (excludes halogenated alkanes) is 1. The van der Waals surface area contributed by atoms with Gasteiger partial charge in [0, 0.05) is 0 Å². The molecule has 0 unspecified atom stereocenters. The van der Waals surface area contributed by atoms with Crippen molar-refractivity contribution in [1.29, 1.82) is 0 Å². The van der Waals surface area contributed by atoms with Crippen LogP contribution in [-0.2, 0) is 19.2 Å². The van der Waals surface area contributed by atoms with E-state index in [9.17, 15) is 19.2 Å². The van der Waals surface area contributed by atoms with Crippen molar-refractivity contribution in [3.63, 3.8) is 0 Å². The molecule has 3 amide bonds. The molecule has 0 aromatic carbocycles. The summed E-state index contributed by atoms with van der Waals surface area (Å²) in [5, 5.41) is 7.54. The van der Waals surface area contributed by atoms with Crippen molar-refractivity contribution in [2.45, 2.75) is 64.2 Å². The number of nitrogens with two attached hydrogens (primary N) is 2. The number of carbonyl (C=O) groups excluding carboxylic acids is 4. The number of amides is 3. The largest absolute Gasteiger partial charge is 0.345 e. The summed E-state index contributed by atoms with van der Waals surface area (Å²) in [6.07, 6.45) is 2.33. The summed E-state index contributed by atoms with van der Waals surface area (Å²) in [4.78, 5) is 46.5. The van der Waals surface area contributed by atoms with Gasteiger partial charge in [0.25, 0.3) is 0 Å². The van der Waals surface area contributed by atoms with Gasteiger partial charge in [0.15, 0.2) is 0 Å². The first-order valence-corrected chi connectivity index (χ1v) is 8.05. The van der Waals surface area contributed by atoms with E-state index in [-0.39, 0.29) is 0 Å². The monoisotopic (exact) mass is 343 g/mol. The average Bonchev–Trinajstić information content (AvgIpc) is 2.53. The van der Waals surface area contributed by atoms with Crippen LogP contribution in [0.15, 0.2) is 0 Å². The van der Waals surface area contributed by atoms with Crippen LogP contribution in [0.2, 0.25) is 0 Å². The van der Waals surface area contributed by atoms with E-state index in [2.05, 4.69) is 16.0 Å². The van der Waals surface area contributed by atoms with Crippen LogP contribution in [0, 0.1) is 0 Å². The van der Waals surface area contributed by atoms with E-state index in [1.165, 1.54) is 20.8 Å². The van der Waals surface area contributed by atoms with E-state index in [4.69, 9.17) is 11.5 Å². The minimum absolute atomic E-state index is 0.383. The lowest BCUT2D eigenvalue weighted by molar-refractivity contribution is -0.132. The van der Waals surface area contributed by atoms with Gasteiger partial charge in [-0.15, -0.1) is 0 Å². The summed E-state index contributed by atoms with van der Waals surface area (Å²) in [6.45, 7) is 5.02. The molecule has 7 N–H and O–H groups in total. The molecule has 138 valence electrons. The maximum Gasteiger partial charge on any atom is 0.243 e. The summed E-state index contributed by atoms with van der Waals surface area (Å²) in [5.74, 6) is -1.42. The third-order valence-corrected chi connectivity index (χ3v) is 3.32. The summed E-state index contributed by atoms with van der Waals surface area (Å²) in [5.41, 5.74) is 10.9. The number of nitrogens with one attached hydrogen (secondary N) is 3. The molecule has 0 bridgehead atoms. The van der Waals surface area contributed by atoms with Crippen LogP contribution < -0.4 is 27.4 Å². The van der Waals surface area contributed by atoms with Crippen LogP contribution in [0.5, 0.6) is 0 Å². The van der Waals surface area contributed by atoms with Gasteiger partial charge in [0.05, 0.1) is 12.1 Å². The topological polar surface area (TPSA) is 156 Å². The van der Waals surface area contributed by atoms with Gasteiger partial charge in [-0.2, -0.15) is 0 Å². The average molecular weight is 343 g/mol. The fraction of sp³-hybridized carbons (Fsp3) is 0.733. The first-order valence-electron chi connectivity index (χ1n) is 8.05. The Morgan fingerprint density at radius 1 is 0.958 bits per heavy atom. The Morgan fingerprint density at radius 3 is 2.08 bits per heavy atom. The molecule has 0 radical (unpaired) electrons. The van der Waals surface area contributed by atoms with Crippen LogP contribution in [-0.4, -0.2) is 54.7 Å². The minimum atomic E-state index is -0.836. The van der Waals surface area contributed by atoms with Gasteiger partial charge in [-0.05, 0) is 46.6 Å². The van der Waals surface area contributed by atoms with Crippen molar-refractivity contribution in [3.8, 4) is 0 Å². The van der Waals surface area contributed by atoms with Crippen molar-refractivity contribution in [3.05, 3.63) is 0 Å². The van der Waals surface area contributed by atoms with Crippen LogP contribution >= 0.6 is 0 Å². The summed E-state index contributed by atoms with van der Waals surface area (Å²) in [6, 6.07) is -3.03. The maximum absolute atomic E-state index is 12.2. The van der Waals surface area contributed by atoms with E-state index in [1.807, 2.05) is 0 Å². The van der Waals surface area contributed by atoms with E-state index in [0.717, 1.165) is 0 Å². The molecule has 9 heteroatoms. The Bertz CT molecular complexity index is 442. The fourth-order valence-corrected chi connectivity index (χ4v) is 1.83. The fourth-order valence-electron chi connectivity index (χ4n) is 1.83. The smallest absolute Gasteiger partial charge is 0.243 e. The second-order valence-corrected chi connectivity index (χ2v) is 5.80. The number of aldehydes is 1. The molecule has 0 spiro atoms. The molecular formula is C15H29N5O4. The highest BCUT2D eigenvalue weighted by Crippen LogP contribution is 2.02. The highest BCUT2D eigenvalue weighted by atomic mass is 16.2. The second-order valence-electron chi connectivity index (χ2n) is 5.80. The van der Waals surface area contributed by atoms with Gasteiger partial charge in [-0.25, -0.2) is 0 Å². The predicted octanol–water partition coefficient (Wildman–Crippen LogP) is -1.84. The third-order valence-electron chi connectivity index (χ3n) is 3.32. The molecule has 0 saturated heterocycles. The normalized spacial score (nSPS) is 15.5. The molecular weight excluding hydrogens is 314 g/mol. The molecule has 0 aliphatic heterocycles. The highest BCUT2D eigenvalue weighted by Gasteiger charge is 2.25. The molecule has 0 aliphatic rings. The third kappa shape index (κ3) is 8.59. The van der Waals surface area contributed by atoms with Crippen molar-refractivity contribution >= 4 is 24.0 Å². The van der Waals surface area contributed by atoms with Crippen molar-refractivity contribution in [2.24, 2.45) is 11.5 Å². The molecule has 0 aliphatic carbocycles. The van der Waals surface area contributed by atoms with Gasteiger partial charge < -0.3 is 32.2 Å².